The molecule has 0 bridgehead atoms. The maximum atomic E-state index is 10.8. The van der Waals surface area contributed by atoms with Crippen LogP contribution in [0.1, 0.15) is 11.1 Å². The number of nitro groups is 1. The second-order valence-electron chi connectivity index (χ2n) is 3.48. The minimum Gasteiger partial charge on any atom is -0.258 e. The Hall–Kier alpha value is -2.68. The van der Waals surface area contributed by atoms with Gasteiger partial charge in [-0.05, 0) is 19.1 Å². The second-order valence-corrected chi connectivity index (χ2v) is 3.48. The Morgan fingerprint density at radius 2 is 2.29 bits per heavy atom. The number of nitrogens with zero attached hydrogens (tertiary/aromatic N) is 4. The van der Waals surface area contributed by atoms with Crippen molar-refractivity contribution in [3.05, 3.63) is 51.8 Å². The topological polar surface area (TPSA) is 84.8 Å². The molecule has 0 aliphatic carbocycles. The maximum Gasteiger partial charge on any atom is 0.273 e. The summed E-state index contributed by atoms with van der Waals surface area (Å²) in [5.74, 6) is 0. The van der Waals surface area contributed by atoms with Gasteiger partial charge in [-0.1, -0.05) is 0 Å². The number of aryl methyl sites for hydroxylation is 1. The van der Waals surface area contributed by atoms with Gasteiger partial charge in [-0.15, -0.1) is 0 Å². The normalized spacial score (nSPS) is 9.88. The number of aromatic nitrogens is 2. The zero-order valence-electron chi connectivity index (χ0n) is 8.99. The van der Waals surface area contributed by atoms with Gasteiger partial charge in [0.15, 0.2) is 0 Å². The lowest BCUT2D eigenvalue weighted by Gasteiger charge is -2.05. The molecule has 2 aromatic rings. The molecule has 6 nitrogen and oxygen atoms in total. The van der Waals surface area contributed by atoms with E-state index in [4.69, 9.17) is 5.26 Å². The van der Waals surface area contributed by atoms with Crippen LogP contribution in [0.4, 0.5) is 5.69 Å². The van der Waals surface area contributed by atoms with E-state index in [1.807, 2.05) is 6.07 Å². The van der Waals surface area contributed by atoms with Gasteiger partial charge >= 0.3 is 0 Å². The van der Waals surface area contributed by atoms with Crippen molar-refractivity contribution in [2.45, 2.75) is 6.92 Å². The van der Waals surface area contributed by atoms with E-state index < -0.39 is 4.92 Å². The Labute approximate surface area is 96.9 Å². The minimum atomic E-state index is -0.497. The molecule has 0 spiro atoms. The Bertz CT molecular complexity index is 611. The van der Waals surface area contributed by atoms with Crippen LogP contribution < -0.4 is 0 Å². The lowest BCUT2D eigenvalue weighted by Crippen LogP contribution is -2.01. The van der Waals surface area contributed by atoms with Crippen molar-refractivity contribution in [1.82, 2.24) is 9.78 Å². The molecule has 0 saturated heterocycles. The lowest BCUT2D eigenvalue weighted by molar-refractivity contribution is -0.385. The van der Waals surface area contributed by atoms with Crippen LogP contribution in [0.15, 0.2) is 30.6 Å². The number of hydrogen-bond donors (Lipinski definition) is 0. The fourth-order valence-electron chi connectivity index (χ4n) is 1.57. The molecule has 0 amide bonds. The van der Waals surface area contributed by atoms with Crippen molar-refractivity contribution < 1.29 is 4.92 Å². The molecule has 17 heavy (non-hydrogen) atoms. The smallest absolute Gasteiger partial charge is 0.258 e. The SMILES string of the molecule is Cc1cc(-n2cccn2)c(C#N)cc1[N+](=O)[O-]. The fourth-order valence-corrected chi connectivity index (χ4v) is 1.57. The Morgan fingerprint density at radius 3 is 2.82 bits per heavy atom. The van der Waals surface area contributed by atoms with Crippen LogP contribution in [0, 0.1) is 28.4 Å². The molecule has 0 N–H and O–H groups in total. The quantitative estimate of drug-likeness (QED) is 0.580. The van der Waals surface area contributed by atoms with Crippen LogP contribution >= 0.6 is 0 Å². The summed E-state index contributed by atoms with van der Waals surface area (Å²) in [6, 6.07) is 6.52. The number of rotatable bonds is 2. The third-order valence-electron chi connectivity index (χ3n) is 2.38. The van der Waals surface area contributed by atoms with E-state index in [0.29, 0.717) is 11.3 Å². The fraction of sp³-hybridized carbons (Fsp3) is 0.0909. The molecule has 1 aromatic carbocycles. The van der Waals surface area contributed by atoms with Crippen molar-refractivity contribution in [3.8, 4) is 11.8 Å². The highest BCUT2D eigenvalue weighted by atomic mass is 16.6. The molecular weight excluding hydrogens is 220 g/mol. The molecule has 0 unspecified atom stereocenters. The second kappa shape index (κ2) is 4.06. The number of nitriles is 1. The molecule has 1 heterocycles. The molecule has 0 saturated carbocycles. The summed E-state index contributed by atoms with van der Waals surface area (Å²) in [4.78, 5) is 10.3. The molecule has 0 aliphatic rings. The van der Waals surface area contributed by atoms with Gasteiger partial charge in [-0.3, -0.25) is 10.1 Å². The first-order valence-electron chi connectivity index (χ1n) is 4.82. The predicted molar refractivity (Wildman–Crippen MR) is 59.7 cm³/mol. The average molecular weight is 228 g/mol. The van der Waals surface area contributed by atoms with E-state index in [9.17, 15) is 10.1 Å². The van der Waals surface area contributed by atoms with E-state index in [1.165, 1.54) is 10.7 Å². The van der Waals surface area contributed by atoms with Crippen molar-refractivity contribution >= 4 is 5.69 Å². The summed E-state index contributed by atoms with van der Waals surface area (Å²) >= 11 is 0. The molecule has 0 fully saturated rings. The van der Waals surface area contributed by atoms with Crippen LogP contribution in [0.2, 0.25) is 0 Å². The number of hydrogen-bond acceptors (Lipinski definition) is 4. The zero-order chi connectivity index (χ0) is 12.4. The van der Waals surface area contributed by atoms with Crippen LogP contribution in [0.25, 0.3) is 5.69 Å². The van der Waals surface area contributed by atoms with Crippen LogP contribution in [-0.4, -0.2) is 14.7 Å². The molecule has 84 valence electrons. The largest absolute Gasteiger partial charge is 0.273 e. The molecule has 0 atom stereocenters. The van der Waals surface area contributed by atoms with Gasteiger partial charge in [-0.2, -0.15) is 10.4 Å². The Kier molecular flexibility index (Phi) is 2.58. The van der Waals surface area contributed by atoms with E-state index in [1.54, 1.807) is 31.5 Å². The van der Waals surface area contributed by atoms with E-state index in [2.05, 4.69) is 5.10 Å². The third kappa shape index (κ3) is 1.86. The number of nitro benzene ring substituents is 1. The first-order chi connectivity index (χ1) is 8.13. The zero-order valence-corrected chi connectivity index (χ0v) is 8.99. The highest BCUT2D eigenvalue weighted by molar-refractivity contribution is 5.57. The van der Waals surface area contributed by atoms with Crippen molar-refractivity contribution in [2.24, 2.45) is 0 Å². The van der Waals surface area contributed by atoms with Crippen LogP contribution in [-0.2, 0) is 0 Å². The summed E-state index contributed by atoms with van der Waals surface area (Å²) in [7, 11) is 0. The molecule has 0 aliphatic heterocycles. The maximum absolute atomic E-state index is 10.8. The van der Waals surface area contributed by atoms with E-state index in [0.717, 1.165) is 0 Å². The van der Waals surface area contributed by atoms with Gasteiger partial charge in [0.25, 0.3) is 5.69 Å². The Balaban J connectivity index is 2.67. The molecule has 0 radical (unpaired) electrons. The van der Waals surface area contributed by atoms with Gasteiger partial charge in [0.05, 0.1) is 16.2 Å². The van der Waals surface area contributed by atoms with E-state index >= 15 is 0 Å². The van der Waals surface area contributed by atoms with Crippen molar-refractivity contribution in [2.75, 3.05) is 0 Å². The summed E-state index contributed by atoms with van der Waals surface area (Å²) in [5.41, 5.74) is 1.21. The van der Waals surface area contributed by atoms with Crippen molar-refractivity contribution in [3.63, 3.8) is 0 Å². The molecular formula is C11H8N4O2. The highest BCUT2D eigenvalue weighted by Crippen LogP contribution is 2.24. The van der Waals surface area contributed by atoms with Gasteiger partial charge < -0.3 is 0 Å². The van der Waals surface area contributed by atoms with Gasteiger partial charge in [-0.25, -0.2) is 4.68 Å². The monoisotopic (exact) mass is 228 g/mol. The minimum absolute atomic E-state index is 0.0579. The standard InChI is InChI=1S/C11H8N4O2/c1-8-5-11(14-4-2-3-13-14)9(7-12)6-10(8)15(16)17/h2-6H,1H3. The summed E-state index contributed by atoms with van der Waals surface area (Å²) < 4.78 is 1.51. The molecule has 2 rings (SSSR count). The van der Waals surface area contributed by atoms with Crippen molar-refractivity contribution in [1.29, 1.82) is 5.26 Å². The molecule has 6 heteroatoms. The van der Waals surface area contributed by atoms with Gasteiger partial charge in [0, 0.05) is 24.0 Å². The predicted octanol–water partition coefficient (Wildman–Crippen LogP) is 1.96. The third-order valence-corrected chi connectivity index (χ3v) is 2.38. The Morgan fingerprint density at radius 1 is 1.53 bits per heavy atom. The summed E-state index contributed by atoms with van der Waals surface area (Å²) in [5, 5.41) is 23.8. The van der Waals surface area contributed by atoms with Crippen LogP contribution in [0.3, 0.4) is 0 Å². The van der Waals surface area contributed by atoms with E-state index in [-0.39, 0.29) is 11.3 Å². The summed E-state index contributed by atoms with van der Waals surface area (Å²) in [6.07, 6.45) is 3.26. The first-order valence-corrected chi connectivity index (χ1v) is 4.82. The first kappa shape index (κ1) is 10.8. The molecule has 1 aromatic heterocycles. The highest BCUT2D eigenvalue weighted by Gasteiger charge is 2.16. The lowest BCUT2D eigenvalue weighted by atomic mass is 10.1. The average Bonchev–Trinajstić information content (AvgIpc) is 2.81. The summed E-state index contributed by atoms with van der Waals surface area (Å²) in [6.45, 7) is 1.63. The van der Waals surface area contributed by atoms with Gasteiger partial charge in [0.1, 0.15) is 6.07 Å². The number of benzene rings is 1. The van der Waals surface area contributed by atoms with Crippen LogP contribution in [0.5, 0.6) is 0 Å². The van der Waals surface area contributed by atoms with Gasteiger partial charge in [0.2, 0.25) is 0 Å².